The molecule has 3 rings (SSSR count). The van der Waals surface area contributed by atoms with Crippen molar-refractivity contribution >= 4 is 29.1 Å². The van der Waals surface area contributed by atoms with Gasteiger partial charge in [0.15, 0.2) is 0 Å². The molecule has 32 heavy (non-hydrogen) atoms. The largest absolute Gasteiger partial charge is 0.456 e. The van der Waals surface area contributed by atoms with Crippen LogP contribution in [0.2, 0.25) is 0 Å². The van der Waals surface area contributed by atoms with E-state index in [2.05, 4.69) is 20.6 Å². The molecule has 0 unspecified atom stereocenters. The first-order chi connectivity index (χ1) is 15.2. The average Bonchev–Trinajstić information content (AvgIpc) is 2.77. The van der Waals surface area contributed by atoms with Crippen LogP contribution in [0.5, 0.6) is 0 Å². The van der Waals surface area contributed by atoms with Crippen LogP contribution in [0.4, 0.5) is 35.3 Å². The van der Waals surface area contributed by atoms with E-state index >= 15 is 0 Å². The summed E-state index contributed by atoms with van der Waals surface area (Å²) in [5, 5.41) is 14.8. The lowest BCUT2D eigenvalue weighted by Gasteiger charge is -2.28. The number of pyridine rings is 2. The van der Waals surface area contributed by atoms with Gasteiger partial charge in [-0.3, -0.25) is 15.0 Å². The minimum Gasteiger partial charge on any atom is -0.383 e. The fourth-order valence-corrected chi connectivity index (χ4v) is 3.13. The van der Waals surface area contributed by atoms with Gasteiger partial charge in [-0.25, -0.2) is 14.8 Å². The first kappa shape index (κ1) is 23.0. The number of hydrogen-bond acceptors (Lipinski definition) is 7. The summed E-state index contributed by atoms with van der Waals surface area (Å²) in [6.45, 7) is 1.01. The highest BCUT2D eigenvalue weighted by atomic mass is 19.4. The van der Waals surface area contributed by atoms with Gasteiger partial charge in [-0.05, 0) is 24.5 Å². The highest BCUT2D eigenvalue weighted by Gasteiger charge is 2.41. The lowest BCUT2D eigenvalue weighted by atomic mass is 10.0. The Morgan fingerprint density at radius 1 is 1.34 bits per heavy atom. The third-order valence-corrected chi connectivity index (χ3v) is 4.66. The molecule has 2 aromatic heterocycles. The summed E-state index contributed by atoms with van der Waals surface area (Å²) in [5.41, 5.74) is 0.474. The maximum Gasteiger partial charge on any atom is 0.456 e. The summed E-state index contributed by atoms with van der Waals surface area (Å²) in [7, 11) is 1.53. The number of halogens is 3. The van der Waals surface area contributed by atoms with E-state index in [1.807, 2.05) is 6.07 Å². The van der Waals surface area contributed by atoms with Crippen LogP contribution in [-0.4, -0.2) is 54.8 Å². The zero-order chi connectivity index (χ0) is 23.3. The van der Waals surface area contributed by atoms with Crippen molar-refractivity contribution in [3.05, 3.63) is 41.2 Å². The summed E-state index contributed by atoms with van der Waals surface area (Å²) in [5.74, 6) is -1.95. The number of urea groups is 1. The van der Waals surface area contributed by atoms with Gasteiger partial charge in [0, 0.05) is 32.5 Å². The summed E-state index contributed by atoms with van der Waals surface area (Å²) in [6.07, 6.45) is -2.70. The van der Waals surface area contributed by atoms with E-state index in [-0.39, 0.29) is 23.7 Å². The molecule has 168 valence electrons. The second-order valence-electron chi connectivity index (χ2n) is 6.84. The fourth-order valence-electron chi connectivity index (χ4n) is 3.13. The molecule has 1 aliphatic heterocycles. The number of methoxy groups -OCH3 is 1. The normalized spacial score (nSPS) is 13.2. The van der Waals surface area contributed by atoms with E-state index in [1.165, 1.54) is 30.3 Å². The number of anilines is 3. The molecule has 3 heterocycles. The Morgan fingerprint density at radius 3 is 2.81 bits per heavy atom. The van der Waals surface area contributed by atoms with Crippen molar-refractivity contribution in [2.24, 2.45) is 0 Å². The zero-order valence-corrected chi connectivity index (χ0v) is 17.0. The molecule has 0 aromatic carbocycles. The third-order valence-electron chi connectivity index (χ3n) is 4.66. The molecule has 0 saturated heterocycles. The molecule has 0 atom stereocenters. The molecule has 2 aromatic rings. The van der Waals surface area contributed by atoms with Crippen LogP contribution in [0.25, 0.3) is 0 Å². The maximum atomic E-state index is 12.9. The lowest BCUT2D eigenvalue weighted by molar-refractivity contribution is -0.0888. The zero-order valence-electron chi connectivity index (χ0n) is 17.0. The van der Waals surface area contributed by atoms with E-state index in [9.17, 15) is 28.0 Å². The number of rotatable bonds is 6. The van der Waals surface area contributed by atoms with E-state index in [0.29, 0.717) is 37.2 Å². The number of amides is 2. The van der Waals surface area contributed by atoms with Crippen LogP contribution in [0, 0.1) is 11.3 Å². The van der Waals surface area contributed by atoms with Crippen LogP contribution < -0.4 is 15.5 Å². The maximum absolute atomic E-state index is 12.9. The summed E-state index contributed by atoms with van der Waals surface area (Å²) >= 11 is 0. The van der Waals surface area contributed by atoms with Gasteiger partial charge >= 0.3 is 12.2 Å². The molecule has 0 saturated carbocycles. The minimum atomic E-state index is -5.07. The van der Waals surface area contributed by atoms with E-state index in [4.69, 9.17) is 4.74 Å². The number of fused-ring (bicyclic) bond motifs is 1. The van der Waals surface area contributed by atoms with Crippen LogP contribution >= 0.6 is 0 Å². The Balaban J connectivity index is 1.83. The van der Waals surface area contributed by atoms with Crippen molar-refractivity contribution in [1.82, 2.24) is 9.97 Å². The molecule has 9 nitrogen and oxygen atoms in total. The Kier molecular flexibility index (Phi) is 6.89. The van der Waals surface area contributed by atoms with E-state index in [0.717, 1.165) is 6.07 Å². The second kappa shape index (κ2) is 9.61. The predicted octanol–water partition coefficient (Wildman–Crippen LogP) is 3.14. The number of nitrogens with zero attached hydrogens (tertiary/aromatic N) is 4. The first-order valence-electron chi connectivity index (χ1n) is 9.57. The Morgan fingerprint density at radius 2 is 2.12 bits per heavy atom. The van der Waals surface area contributed by atoms with Crippen molar-refractivity contribution in [3.63, 3.8) is 0 Å². The number of alkyl halides is 3. The molecular formula is C20H19F3N6O3. The summed E-state index contributed by atoms with van der Waals surface area (Å²) < 4.78 is 43.3. The van der Waals surface area contributed by atoms with E-state index < -0.39 is 23.7 Å². The van der Waals surface area contributed by atoms with Crippen molar-refractivity contribution in [2.75, 3.05) is 42.3 Å². The number of aromatic nitrogens is 2. The van der Waals surface area contributed by atoms with Crippen LogP contribution in [-0.2, 0) is 11.2 Å². The third kappa shape index (κ3) is 5.12. The van der Waals surface area contributed by atoms with Crippen LogP contribution in [0.15, 0.2) is 24.4 Å². The SMILES string of the molecule is COCCNc1cc(NC(=O)N2CCCc3ccc(C(=O)C(F)(F)F)nc32)ncc1C#N. The van der Waals surface area contributed by atoms with Gasteiger partial charge in [-0.1, -0.05) is 6.07 Å². The smallest absolute Gasteiger partial charge is 0.383 e. The number of ether oxygens (including phenoxy) is 1. The fraction of sp³-hybridized carbons (Fsp3) is 0.350. The highest BCUT2D eigenvalue weighted by molar-refractivity contribution is 6.03. The molecular weight excluding hydrogens is 429 g/mol. The highest BCUT2D eigenvalue weighted by Crippen LogP contribution is 2.29. The van der Waals surface area contributed by atoms with Crippen molar-refractivity contribution in [1.29, 1.82) is 5.26 Å². The lowest BCUT2D eigenvalue weighted by Crippen LogP contribution is -2.40. The predicted molar refractivity (Wildman–Crippen MR) is 109 cm³/mol. The van der Waals surface area contributed by atoms with Gasteiger partial charge in [0.25, 0.3) is 5.78 Å². The molecule has 0 spiro atoms. The van der Waals surface area contributed by atoms with Gasteiger partial charge in [0.1, 0.15) is 23.4 Å². The molecule has 0 fully saturated rings. The van der Waals surface area contributed by atoms with Gasteiger partial charge in [0.2, 0.25) is 0 Å². The van der Waals surface area contributed by atoms with E-state index in [1.54, 1.807) is 0 Å². The van der Waals surface area contributed by atoms with Gasteiger partial charge in [0.05, 0.1) is 17.9 Å². The van der Waals surface area contributed by atoms with Gasteiger partial charge in [-0.15, -0.1) is 0 Å². The molecule has 2 N–H and O–H groups in total. The number of hydrogen-bond donors (Lipinski definition) is 2. The Bertz CT molecular complexity index is 1070. The number of ketones is 1. The summed E-state index contributed by atoms with van der Waals surface area (Å²) in [4.78, 5) is 33.5. The number of carbonyl (C=O) groups is 2. The topological polar surface area (TPSA) is 120 Å². The van der Waals surface area contributed by atoms with Crippen molar-refractivity contribution in [2.45, 2.75) is 19.0 Å². The average molecular weight is 448 g/mol. The van der Waals surface area contributed by atoms with Crippen molar-refractivity contribution < 1.29 is 27.5 Å². The number of nitriles is 1. The van der Waals surface area contributed by atoms with Crippen LogP contribution in [0.1, 0.15) is 28.0 Å². The van der Waals surface area contributed by atoms with Crippen LogP contribution in [0.3, 0.4) is 0 Å². The molecule has 0 radical (unpaired) electrons. The standard InChI is InChI=1S/C20H19F3N6O3/c1-32-8-6-25-15-9-16(26-11-13(15)10-24)28-19(31)29-7-2-3-12-4-5-14(27-18(12)29)17(30)20(21,22)23/h4-5,9,11H,2-3,6-8H2,1H3,(H2,25,26,28,31). The van der Waals surface area contributed by atoms with Gasteiger partial charge < -0.3 is 10.1 Å². The Labute approximate surface area is 181 Å². The van der Waals surface area contributed by atoms with Gasteiger partial charge in [-0.2, -0.15) is 18.4 Å². The quantitative estimate of drug-likeness (QED) is 0.515. The first-order valence-corrected chi connectivity index (χ1v) is 9.57. The molecule has 12 heteroatoms. The summed E-state index contributed by atoms with van der Waals surface area (Å²) in [6, 6.07) is 5.16. The van der Waals surface area contributed by atoms with Crippen molar-refractivity contribution in [3.8, 4) is 6.07 Å². The second-order valence-corrected chi connectivity index (χ2v) is 6.84. The number of aryl methyl sites for hydroxylation is 1. The Hall–Kier alpha value is -3.72. The molecule has 2 amide bonds. The number of nitrogens with one attached hydrogen (secondary N) is 2. The molecule has 0 aliphatic carbocycles. The number of Topliss-reactive ketones (excluding diaryl/α,β-unsaturated/α-hetero) is 1. The minimum absolute atomic E-state index is 0.00376. The monoisotopic (exact) mass is 448 g/mol. The molecule has 1 aliphatic rings. The number of carbonyl (C=O) groups excluding carboxylic acids is 2. The molecule has 0 bridgehead atoms.